The number of nitrogens with zero attached hydrogens (tertiary/aromatic N) is 3. The van der Waals surface area contributed by atoms with Gasteiger partial charge in [-0.2, -0.15) is 10.2 Å². The molecule has 0 unspecified atom stereocenters. The van der Waals surface area contributed by atoms with E-state index in [1.807, 2.05) is 36.4 Å². The van der Waals surface area contributed by atoms with Crippen molar-refractivity contribution in [2.75, 3.05) is 5.32 Å². The van der Waals surface area contributed by atoms with E-state index in [0.717, 1.165) is 5.56 Å². The summed E-state index contributed by atoms with van der Waals surface area (Å²) in [5, 5.41) is 11.5. The van der Waals surface area contributed by atoms with Crippen molar-refractivity contribution in [3.63, 3.8) is 0 Å². The Hall–Kier alpha value is -3.72. The molecule has 0 aliphatic rings. The molecule has 0 saturated heterocycles. The zero-order chi connectivity index (χ0) is 18.4. The number of carbonyl (C=O) groups excluding carboxylic acids is 1. The molecule has 0 radical (unpaired) electrons. The van der Waals surface area contributed by atoms with Crippen LogP contribution in [0.4, 0.5) is 5.95 Å². The van der Waals surface area contributed by atoms with Crippen LogP contribution in [-0.2, 0) is 11.2 Å². The fourth-order valence-electron chi connectivity index (χ4n) is 2.32. The normalized spacial score (nSPS) is 10.0. The van der Waals surface area contributed by atoms with Crippen molar-refractivity contribution >= 4 is 11.9 Å². The van der Waals surface area contributed by atoms with Gasteiger partial charge in [0.15, 0.2) is 0 Å². The minimum Gasteiger partial charge on any atom is -0.439 e. The van der Waals surface area contributed by atoms with Crippen LogP contribution in [0, 0.1) is 18.3 Å². The minimum atomic E-state index is -0.203. The van der Waals surface area contributed by atoms with Gasteiger partial charge in [-0.3, -0.25) is 10.1 Å². The van der Waals surface area contributed by atoms with Crippen molar-refractivity contribution in [1.82, 2.24) is 9.97 Å². The third-order valence-corrected chi connectivity index (χ3v) is 3.50. The molecule has 2 aromatic carbocycles. The maximum Gasteiger partial charge on any atom is 0.232 e. The van der Waals surface area contributed by atoms with Crippen LogP contribution in [0.2, 0.25) is 0 Å². The molecule has 1 heterocycles. The van der Waals surface area contributed by atoms with Crippen molar-refractivity contribution < 1.29 is 9.53 Å². The molecule has 1 amide bonds. The van der Waals surface area contributed by atoms with Crippen LogP contribution < -0.4 is 10.1 Å². The highest BCUT2D eigenvalue weighted by Crippen LogP contribution is 2.21. The van der Waals surface area contributed by atoms with Gasteiger partial charge >= 0.3 is 0 Å². The molecule has 1 aromatic heterocycles. The summed E-state index contributed by atoms with van der Waals surface area (Å²) < 4.78 is 5.69. The van der Waals surface area contributed by atoms with Gasteiger partial charge in [0.25, 0.3) is 0 Å². The molecule has 1 N–H and O–H groups in total. The monoisotopic (exact) mass is 344 g/mol. The number of benzene rings is 2. The van der Waals surface area contributed by atoms with Gasteiger partial charge in [-0.15, -0.1) is 0 Å². The van der Waals surface area contributed by atoms with E-state index in [-0.39, 0.29) is 18.3 Å². The Morgan fingerprint density at radius 2 is 1.85 bits per heavy atom. The van der Waals surface area contributed by atoms with E-state index in [2.05, 4.69) is 15.3 Å². The predicted octanol–water partition coefficient (Wildman–Crippen LogP) is 3.63. The van der Waals surface area contributed by atoms with E-state index < -0.39 is 0 Å². The number of amides is 1. The lowest BCUT2D eigenvalue weighted by atomic mass is 10.1. The topological polar surface area (TPSA) is 87.9 Å². The summed E-state index contributed by atoms with van der Waals surface area (Å²) in [4.78, 5) is 20.6. The van der Waals surface area contributed by atoms with Gasteiger partial charge in [-0.25, -0.2) is 4.98 Å². The highest BCUT2D eigenvalue weighted by atomic mass is 16.5. The molecule has 6 nitrogen and oxygen atoms in total. The van der Waals surface area contributed by atoms with E-state index in [4.69, 9.17) is 10.00 Å². The molecule has 128 valence electrons. The number of aryl methyl sites for hydroxylation is 1. The van der Waals surface area contributed by atoms with Crippen LogP contribution in [-0.4, -0.2) is 15.9 Å². The molecule has 26 heavy (non-hydrogen) atoms. The van der Waals surface area contributed by atoms with Crippen LogP contribution in [0.5, 0.6) is 11.6 Å². The number of hydrogen-bond donors (Lipinski definition) is 1. The van der Waals surface area contributed by atoms with Gasteiger partial charge in [0.2, 0.25) is 17.7 Å². The second-order valence-electron chi connectivity index (χ2n) is 5.62. The van der Waals surface area contributed by atoms with Crippen molar-refractivity contribution in [1.29, 1.82) is 5.26 Å². The Balaban J connectivity index is 1.70. The van der Waals surface area contributed by atoms with Crippen LogP contribution >= 0.6 is 0 Å². The molecule has 0 saturated carbocycles. The van der Waals surface area contributed by atoms with Gasteiger partial charge in [-0.1, -0.05) is 30.3 Å². The summed E-state index contributed by atoms with van der Waals surface area (Å²) in [6, 6.07) is 19.8. The lowest BCUT2D eigenvalue weighted by Gasteiger charge is -2.09. The zero-order valence-corrected chi connectivity index (χ0v) is 14.1. The minimum absolute atomic E-state index is 0.189. The lowest BCUT2D eigenvalue weighted by molar-refractivity contribution is -0.115. The van der Waals surface area contributed by atoms with Gasteiger partial charge in [0.05, 0.1) is 18.1 Å². The summed E-state index contributed by atoms with van der Waals surface area (Å²) >= 11 is 0. The SMILES string of the molecule is Cc1cc(Oc2ccc(C#N)cc2)nc(NC(=O)Cc2ccccc2)n1. The van der Waals surface area contributed by atoms with Gasteiger partial charge in [-0.05, 0) is 36.8 Å². The molecule has 0 fully saturated rings. The number of aromatic nitrogens is 2. The number of anilines is 1. The predicted molar refractivity (Wildman–Crippen MR) is 96.8 cm³/mol. The lowest BCUT2D eigenvalue weighted by Crippen LogP contribution is -2.16. The third kappa shape index (κ3) is 4.65. The molecule has 6 heteroatoms. The molecule has 0 atom stereocenters. The molecule has 0 bridgehead atoms. The smallest absolute Gasteiger partial charge is 0.232 e. The number of hydrogen-bond acceptors (Lipinski definition) is 5. The molecular weight excluding hydrogens is 328 g/mol. The fraction of sp³-hybridized carbons (Fsp3) is 0.100. The molecule has 0 spiro atoms. The Kier molecular flexibility index (Phi) is 5.20. The van der Waals surface area contributed by atoms with Gasteiger partial charge < -0.3 is 4.74 Å². The summed E-state index contributed by atoms with van der Waals surface area (Å²) in [7, 11) is 0. The molecule has 3 rings (SSSR count). The molecule has 3 aromatic rings. The zero-order valence-electron chi connectivity index (χ0n) is 14.1. The van der Waals surface area contributed by atoms with Crippen molar-refractivity contribution in [3.05, 3.63) is 77.5 Å². The molecular formula is C20H16N4O2. The number of nitriles is 1. The number of rotatable bonds is 5. The summed E-state index contributed by atoms with van der Waals surface area (Å²) in [5.41, 5.74) is 2.12. The van der Waals surface area contributed by atoms with E-state index in [9.17, 15) is 4.79 Å². The van der Waals surface area contributed by atoms with Crippen molar-refractivity contribution in [3.8, 4) is 17.7 Å². The summed E-state index contributed by atoms with van der Waals surface area (Å²) in [5.74, 6) is 0.849. The Bertz CT molecular complexity index is 948. The Morgan fingerprint density at radius 1 is 1.12 bits per heavy atom. The first kappa shape index (κ1) is 17.1. The number of nitrogens with one attached hydrogen (secondary N) is 1. The first-order valence-corrected chi connectivity index (χ1v) is 8.00. The van der Waals surface area contributed by atoms with Crippen LogP contribution in [0.1, 0.15) is 16.8 Å². The summed E-state index contributed by atoms with van der Waals surface area (Å²) in [6.07, 6.45) is 0.240. The van der Waals surface area contributed by atoms with Gasteiger partial charge in [0.1, 0.15) is 5.75 Å². The Labute approximate surface area is 151 Å². The summed E-state index contributed by atoms with van der Waals surface area (Å²) in [6.45, 7) is 1.79. The Morgan fingerprint density at radius 3 is 2.54 bits per heavy atom. The van der Waals surface area contributed by atoms with Crippen molar-refractivity contribution in [2.24, 2.45) is 0 Å². The molecule has 0 aliphatic heterocycles. The quantitative estimate of drug-likeness (QED) is 0.763. The van der Waals surface area contributed by atoms with Crippen molar-refractivity contribution in [2.45, 2.75) is 13.3 Å². The molecule has 0 aliphatic carbocycles. The van der Waals surface area contributed by atoms with Crippen LogP contribution in [0.15, 0.2) is 60.7 Å². The number of carbonyl (C=O) groups is 1. The third-order valence-electron chi connectivity index (χ3n) is 3.50. The first-order chi connectivity index (χ1) is 12.6. The average molecular weight is 344 g/mol. The van der Waals surface area contributed by atoms with E-state index in [1.54, 1.807) is 37.3 Å². The number of ether oxygens (including phenoxy) is 1. The standard InChI is InChI=1S/C20H16N4O2/c1-14-11-19(26-17-9-7-16(13-21)8-10-17)24-20(22-14)23-18(25)12-15-5-3-2-4-6-15/h2-11H,12H2,1H3,(H,22,23,24,25). The van der Waals surface area contributed by atoms with Crippen LogP contribution in [0.3, 0.4) is 0 Å². The first-order valence-electron chi connectivity index (χ1n) is 8.00. The second-order valence-corrected chi connectivity index (χ2v) is 5.62. The maximum absolute atomic E-state index is 12.2. The van der Waals surface area contributed by atoms with E-state index >= 15 is 0 Å². The highest BCUT2D eigenvalue weighted by Gasteiger charge is 2.09. The maximum atomic E-state index is 12.2. The van der Waals surface area contributed by atoms with Crippen LogP contribution in [0.25, 0.3) is 0 Å². The van der Waals surface area contributed by atoms with E-state index in [0.29, 0.717) is 22.9 Å². The average Bonchev–Trinajstić information content (AvgIpc) is 2.62. The largest absolute Gasteiger partial charge is 0.439 e. The van der Waals surface area contributed by atoms with E-state index in [1.165, 1.54) is 0 Å². The van der Waals surface area contributed by atoms with Gasteiger partial charge in [0, 0.05) is 11.8 Å². The fourth-order valence-corrected chi connectivity index (χ4v) is 2.32. The highest BCUT2D eigenvalue weighted by molar-refractivity contribution is 5.90. The second kappa shape index (κ2) is 7.90.